The van der Waals surface area contributed by atoms with Gasteiger partial charge < -0.3 is 9.53 Å². The third-order valence-electron chi connectivity index (χ3n) is 3.41. The second-order valence-corrected chi connectivity index (χ2v) is 5.83. The van der Waals surface area contributed by atoms with Crippen LogP contribution in [0.5, 0.6) is 0 Å². The Hall–Kier alpha value is -0.0600. The maximum atomic E-state index is 11.2. The van der Waals surface area contributed by atoms with Crippen LogP contribution in [0.15, 0.2) is 0 Å². The third kappa shape index (κ3) is 2.55. The fourth-order valence-electron chi connectivity index (χ4n) is 2.28. The van der Waals surface area contributed by atoms with E-state index >= 15 is 0 Å². The van der Waals surface area contributed by atoms with Crippen molar-refractivity contribution in [1.82, 2.24) is 4.90 Å². The summed E-state index contributed by atoms with van der Waals surface area (Å²) in [4.78, 5) is 13.6. The van der Waals surface area contributed by atoms with Crippen LogP contribution in [0.2, 0.25) is 0 Å². The lowest BCUT2D eigenvalue weighted by atomic mass is 9.88. The van der Waals surface area contributed by atoms with E-state index in [2.05, 4.69) is 11.8 Å². The van der Waals surface area contributed by atoms with E-state index in [-0.39, 0.29) is 5.41 Å². The Bertz CT molecular complexity index is 229. The molecule has 0 aromatic carbocycles. The van der Waals surface area contributed by atoms with Crippen molar-refractivity contribution in [2.24, 2.45) is 5.41 Å². The minimum absolute atomic E-state index is 0.212. The average molecular weight is 229 g/mol. The standard InChI is InChI=1S/C11H19NO2S/c1-10-6-15-5-3-12(10)7-11(8-13)2-4-14-9-11/h8,10H,2-7,9H2,1H3. The van der Waals surface area contributed by atoms with Gasteiger partial charge in [0.15, 0.2) is 0 Å². The van der Waals surface area contributed by atoms with Crippen LogP contribution in [0.4, 0.5) is 0 Å². The monoisotopic (exact) mass is 229 g/mol. The van der Waals surface area contributed by atoms with E-state index in [9.17, 15) is 4.79 Å². The van der Waals surface area contributed by atoms with Crippen LogP contribution in [-0.2, 0) is 9.53 Å². The summed E-state index contributed by atoms with van der Waals surface area (Å²) in [7, 11) is 0. The molecule has 0 bridgehead atoms. The number of ether oxygens (including phenoxy) is 1. The summed E-state index contributed by atoms with van der Waals surface area (Å²) in [5, 5.41) is 0. The van der Waals surface area contributed by atoms with Gasteiger partial charge >= 0.3 is 0 Å². The van der Waals surface area contributed by atoms with E-state index in [1.54, 1.807) is 0 Å². The van der Waals surface area contributed by atoms with Crippen molar-refractivity contribution in [3.05, 3.63) is 0 Å². The molecule has 2 aliphatic rings. The van der Waals surface area contributed by atoms with Crippen molar-refractivity contribution in [3.63, 3.8) is 0 Å². The molecular formula is C11H19NO2S. The zero-order chi connectivity index (χ0) is 10.7. The molecular weight excluding hydrogens is 210 g/mol. The molecule has 2 atom stereocenters. The maximum absolute atomic E-state index is 11.2. The summed E-state index contributed by atoms with van der Waals surface area (Å²) >= 11 is 2.01. The fraction of sp³-hybridized carbons (Fsp3) is 0.909. The SMILES string of the molecule is CC1CSCCN1CC1(C=O)CCOC1. The van der Waals surface area contributed by atoms with Gasteiger partial charge in [0, 0.05) is 37.2 Å². The average Bonchev–Trinajstić information content (AvgIpc) is 2.71. The minimum Gasteiger partial charge on any atom is -0.380 e. The summed E-state index contributed by atoms with van der Waals surface area (Å²) in [5.74, 6) is 2.38. The van der Waals surface area contributed by atoms with E-state index in [1.807, 2.05) is 11.8 Å². The minimum atomic E-state index is -0.212. The van der Waals surface area contributed by atoms with Gasteiger partial charge in [0.1, 0.15) is 6.29 Å². The molecule has 3 nitrogen and oxygen atoms in total. The Labute approximate surface area is 95.5 Å². The fourth-order valence-corrected chi connectivity index (χ4v) is 3.36. The van der Waals surface area contributed by atoms with Crippen molar-refractivity contribution in [2.45, 2.75) is 19.4 Å². The van der Waals surface area contributed by atoms with Crippen molar-refractivity contribution >= 4 is 18.0 Å². The molecule has 0 aromatic rings. The van der Waals surface area contributed by atoms with Gasteiger partial charge in [-0.15, -0.1) is 0 Å². The molecule has 0 aliphatic carbocycles. The summed E-state index contributed by atoms with van der Waals surface area (Å²) in [6, 6.07) is 0.598. The Balaban J connectivity index is 1.96. The van der Waals surface area contributed by atoms with E-state index in [4.69, 9.17) is 4.74 Å². The number of rotatable bonds is 3. The molecule has 0 aromatic heterocycles. The molecule has 15 heavy (non-hydrogen) atoms. The topological polar surface area (TPSA) is 29.5 Å². The van der Waals surface area contributed by atoms with Gasteiger partial charge in [-0.1, -0.05) is 0 Å². The summed E-state index contributed by atoms with van der Waals surface area (Å²) in [6.07, 6.45) is 2.02. The molecule has 2 heterocycles. The van der Waals surface area contributed by atoms with Gasteiger partial charge in [0.05, 0.1) is 12.0 Å². The number of nitrogens with zero attached hydrogens (tertiary/aromatic N) is 1. The van der Waals surface area contributed by atoms with Crippen molar-refractivity contribution in [1.29, 1.82) is 0 Å². The molecule has 2 unspecified atom stereocenters. The highest BCUT2D eigenvalue weighted by molar-refractivity contribution is 7.99. The molecule has 2 aliphatic heterocycles. The number of carbonyl (C=O) groups excluding carboxylic acids is 1. The molecule has 4 heteroatoms. The first-order valence-electron chi connectivity index (χ1n) is 5.62. The number of thioether (sulfide) groups is 1. The molecule has 0 radical (unpaired) electrons. The third-order valence-corrected chi connectivity index (χ3v) is 4.60. The van der Waals surface area contributed by atoms with Crippen molar-refractivity contribution in [2.75, 3.05) is 37.8 Å². The van der Waals surface area contributed by atoms with Gasteiger partial charge in [-0.05, 0) is 13.3 Å². The zero-order valence-corrected chi connectivity index (χ0v) is 10.1. The number of hydrogen-bond donors (Lipinski definition) is 0. The number of hydrogen-bond acceptors (Lipinski definition) is 4. The molecule has 0 spiro atoms. The van der Waals surface area contributed by atoms with Gasteiger partial charge in [0.2, 0.25) is 0 Å². The largest absolute Gasteiger partial charge is 0.380 e. The van der Waals surface area contributed by atoms with Gasteiger partial charge in [-0.3, -0.25) is 4.90 Å². The van der Waals surface area contributed by atoms with Crippen LogP contribution in [-0.4, -0.2) is 55.0 Å². The van der Waals surface area contributed by atoms with E-state index in [1.165, 1.54) is 11.5 Å². The summed E-state index contributed by atoms with van der Waals surface area (Å²) < 4.78 is 5.36. The molecule has 0 amide bonds. The molecule has 0 saturated carbocycles. The second-order valence-electron chi connectivity index (χ2n) is 4.68. The quantitative estimate of drug-likeness (QED) is 0.676. The predicted molar refractivity (Wildman–Crippen MR) is 62.3 cm³/mol. The lowest BCUT2D eigenvalue weighted by molar-refractivity contribution is -0.117. The Morgan fingerprint density at radius 2 is 2.53 bits per heavy atom. The molecule has 0 N–H and O–H groups in total. The molecule has 2 saturated heterocycles. The Morgan fingerprint density at radius 1 is 1.67 bits per heavy atom. The number of carbonyl (C=O) groups is 1. The highest BCUT2D eigenvalue weighted by Crippen LogP contribution is 2.29. The molecule has 2 fully saturated rings. The zero-order valence-electron chi connectivity index (χ0n) is 9.28. The summed E-state index contributed by atoms with van der Waals surface area (Å²) in [6.45, 7) is 5.61. The predicted octanol–water partition coefficient (Wildman–Crippen LogP) is 1.03. The van der Waals surface area contributed by atoms with E-state index in [0.29, 0.717) is 12.6 Å². The highest BCUT2D eigenvalue weighted by atomic mass is 32.2. The van der Waals surface area contributed by atoms with E-state index < -0.39 is 0 Å². The lowest BCUT2D eigenvalue weighted by Crippen LogP contribution is -2.47. The van der Waals surface area contributed by atoms with Crippen molar-refractivity contribution < 1.29 is 9.53 Å². The number of aldehydes is 1. The van der Waals surface area contributed by atoms with Crippen LogP contribution in [0.3, 0.4) is 0 Å². The van der Waals surface area contributed by atoms with Crippen molar-refractivity contribution in [3.8, 4) is 0 Å². The molecule has 2 rings (SSSR count). The maximum Gasteiger partial charge on any atom is 0.129 e. The van der Waals surface area contributed by atoms with Gasteiger partial charge in [0.25, 0.3) is 0 Å². The first-order chi connectivity index (χ1) is 7.26. The Morgan fingerprint density at radius 3 is 3.13 bits per heavy atom. The second kappa shape index (κ2) is 4.85. The smallest absolute Gasteiger partial charge is 0.129 e. The summed E-state index contributed by atoms with van der Waals surface area (Å²) in [5.41, 5.74) is -0.212. The van der Waals surface area contributed by atoms with E-state index in [0.717, 1.165) is 32.4 Å². The first kappa shape index (κ1) is 11.4. The van der Waals surface area contributed by atoms with Crippen LogP contribution in [0.25, 0.3) is 0 Å². The van der Waals surface area contributed by atoms with Crippen LogP contribution in [0.1, 0.15) is 13.3 Å². The van der Waals surface area contributed by atoms with Crippen LogP contribution < -0.4 is 0 Å². The van der Waals surface area contributed by atoms with Crippen LogP contribution in [0, 0.1) is 5.41 Å². The van der Waals surface area contributed by atoms with Gasteiger partial charge in [-0.25, -0.2) is 0 Å². The lowest BCUT2D eigenvalue weighted by Gasteiger charge is -2.37. The van der Waals surface area contributed by atoms with Gasteiger partial charge in [-0.2, -0.15) is 11.8 Å². The Kier molecular flexibility index (Phi) is 3.69. The van der Waals surface area contributed by atoms with Crippen LogP contribution >= 0.6 is 11.8 Å². The highest BCUT2D eigenvalue weighted by Gasteiger charge is 2.37. The molecule has 86 valence electrons. The normalized spacial score (nSPS) is 38.1. The first-order valence-corrected chi connectivity index (χ1v) is 6.77.